The Morgan fingerprint density at radius 2 is 1.90 bits per heavy atom. The van der Waals surface area contributed by atoms with E-state index < -0.39 is 0 Å². The lowest BCUT2D eigenvalue weighted by Gasteiger charge is -2.07. The van der Waals surface area contributed by atoms with E-state index in [0.717, 1.165) is 5.56 Å². The quantitative estimate of drug-likeness (QED) is 0.747. The van der Waals surface area contributed by atoms with Crippen molar-refractivity contribution in [1.82, 2.24) is 10.6 Å². The summed E-state index contributed by atoms with van der Waals surface area (Å²) in [5.41, 5.74) is 0.870. The number of carbonyl (C=O) groups is 2. The molecule has 21 heavy (non-hydrogen) atoms. The van der Waals surface area contributed by atoms with Gasteiger partial charge in [0.15, 0.2) is 0 Å². The molecule has 114 valence electrons. The van der Waals surface area contributed by atoms with Gasteiger partial charge in [0.25, 0.3) is 0 Å². The van der Waals surface area contributed by atoms with Gasteiger partial charge in [-0.3, -0.25) is 9.59 Å². The summed E-state index contributed by atoms with van der Waals surface area (Å²) in [6.07, 6.45) is 0.604. The summed E-state index contributed by atoms with van der Waals surface area (Å²) >= 11 is 6.03. The van der Waals surface area contributed by atoms with Crippen molar-refractivity contribution >= 4 is 23.4 Å². The zero-order chi connectivity index (χ0) is 15.2. The molecule has 0 heterocycles. The summed E-state index contributed by atoms with van der Waals surface area (Å²) in [5, 5.41) is 6.20. The van der Waals surface area contributed by atoms with Crippen molar-refractivity contribution < 1.29 is 14.3 Å². The van der Waals surface area contributed by atoms with Crippen LogP contribution in [0.15, 0.2) is 24.3 Å². The maximum Gasteiger partial charge on any atom is 0.224 e. The van der Waals surface area contributed by atoms with Crippen LogP contribution in [0.2, 0.25) is 5.02 Å². The van der Waals surface area contributed by atoms with Crippen LogP contribution in [0.25, 0.3) is 0 Å². The largest absolute Gasteiger partial charge is 0.383 e. The van der Waals surface area contributed by atoms with Crippen LogP contribution in [-0.2, 0) is 20.9 Å². The van der Waals surface area contributed by atoms with Crippen molar-refractivity contribution in [3.05, 3.63) is 34.9 Å². The number of carbonyl (C=O) groups excluding carboxylic acids is 2. The second kappa shape index (κ2) is 7.43. The first-order chi connectivity index (χ1) is 10.1. The van der Waals surface area contributed by atoms with Gasteiger partial charge < -0.3 is 15.4 Å². The van der Waals surface area contributed by atoms with Crippen molar-refractivity contribution in [3.63, 3.8) is 0 Å². The monoisotopic (exact) mass is 310 g/mol. The third kappa shape index (κ3) is 4.44. The molecule has 0 radical (unpaired) electrons. The fourth-order valence-electron chi connectivity index (χ4n) is 2.14. The van der Waals surface area contributed by atoms with E-state index >= 15 is 0 Å². The molecule has 1 aromatic carbocycles. The van der Waals surface area contributed by atoms with Gasteiger partial charge in [0.2, 0.25) is 11.8 Å². The van der Waals surface area contributed by atoms with Gasteiger partial charge in [-0.25, -0.2) is 0 Å². The molecule has 0 bridgehead atoms. The first-order valence-electron chi connectivity index (χ1n) is 6.91. The predicted molar refractivity (Wildman–Crippen MR) is 79.8 cm³/mol. The number of ether oxygens (including phenoxy) is 1. The summed E-state index contributed by atoms with van der Waals surface area (Å²) in [5.74, 6) is -0.616. The smallest absolute Gasteiger partial charge is 0.224 e. The maximum atomic E-state index is 12.0. The molecule has 5 nitrogen and oxygen atoms in total. The lowest BCUT2D eigenvalue weighted by Crippen LogP contribution is -2.31. The number of amides is 2. The highest BCUT2D eigenvalue weighted by Gasteiger charge is 2.47. The lowest BCUT2D eigenvalue weighted by atomic mass is 10.2. The minimum absolute atomic E-state index is 0.0788. The maximum absolute atomic E-state index is 12.0. The molecule has 0 aliphatic heterocycles. The van der Waals surface area contributed by atoms with Crippen LogP contribution >= 0.6 is 11.6 Å². The Hall–Kier alpha value is -1.59. The molecular formula is C15H19ClN2O3. The molecule has 0 spiro atoms. The highest BCUT2D eigenvalue weighted by Crippen LogP contribution is 2.38. The molecule has 2 rings (SSSR count). The Morgan fingerprint density at radius 1 is 1.24 bits per heavy atom. The Kier molecular flexibility index (Phi) is 5.59. The van der Waals surface area contributed by atoms with Crippen LogP contribution in [0, 0.1) is 11.8 Å². The molecule has 2 atom stereocenters. The molecule has 0 saturated heterocycles. The number of halogens is 1. The van der Waals surface area contributed by atoms with Gasteiger partial charge in [0.1, 0.15) is 0 Å². The van der Waals surface area contributed by atoms with E-state index in [2.05, 4.69) is 10.6 Å². The van der Waals surface area contributed by atoms with Gasteiger partial charge in [-0.2, -0.15) is 0 Å². The standard InChI is InChI=1S/C15H19ClN2O3/c1-21-7-6-17-14(19)11-8-12(11)15(20)18-9-10-4-2-3-5-13(10)16/h2-5,11-12H,6-9H2,1H3,(H,17,19)(H,18,20). The van der Waals surface area contributed by atoms with Gasteiger partial charge in [-0.15, -0.1) is 0 Å². The fourth-order valence-corrected chi connectivity index (χ4v) is 2.34. The molecule has 1 saturated carbocycles. The van der Waals surface area contributed by atoms with E-state index in [1.54, 1.807) is 13.2 Å². The number of rotatable bonds is 7. The van der Waals surface area contributed by atoms with E-state index in [1.807, 2.05) is 18.2 Å². The number of hydrogen-bond acceptors (Lipinski definition) is 3. The number of benzene rings is 1. The molecule has 1 aliphatic carbocycles. The minimum Gasteiger partial charge on any atom is -0.383 e. The topological polar surface area (TPSA) is 67.4 Å². The van der Waals surface area contributed by atoms with Crippen LogP contribution in [0.3, 0.4) is 0 Å². The van der Waals surface area contributed by atoms with Crippen molar-refractivity contribution in [1.29, 1.82) is 0 Å². The van der Waals surface area contributed by atoms with Crippen LogP contribution in [0.5, 0.6) is 0 Å². The molecular weight excluding hydrogens is 292 g/mol. The normalized spacial score (nSPS) is 19.9. The second-order valence-electron chi connectivity index (χ2n) is 5.04. The van der Waals surface area contributed by atoms with E-state index in [1.165, 1.54) is 0 Å². The molecule has 0 aromatic heterocycles. The molecule has 1 fully saturated rings. The lowest BCUT2D eigenvalue weighted by molar-refractivity contribution is -0.127. The first-order valence-corrected chi connectivity index (χ1v) is 7.29. The summed E-state index contributed by atoms with van der Waals surface area (Å²) in [4.78, 5) is 23.7. The van der Waals surface area contributed by atoms with Gasteiger partial charge >= 0.3 is 0 Å². The average molecular weight is 311 g/mol. The molecule has 2 unspecified atom stereocenters. The van der Waals surface area contributed by atoms with Crippen LogP contribution < -0.4 is 10.6 Å². The van der Waals surface area contributed by atoms with Crippen LogP contribution in [0.4, 0.5) is 0 Å². The average Bonchev–Trinajstić information content (AvgIpc) is 3.27. The van der Waals surface area contributed by atoms with Gasteiger partial charge in [0, 0.05) is 25.2 Å². The second-order valence-corrected chi connectivity index (χ2v) is 5.45. The fraction of sp³-hybridized carbons (Fsp3) is 0.467. The molecule has 1 aliphatic rings. The third-order valence-corrected chi connectivity index (χ3v) is 3.85. The van der Waals surface area contributed by atoms with Crippen molar-refractivity contribution in [2.45, 2.75) is 13.0 Å². The molecule has 2 amide bonds. The minimum atomic E-state index is -0.227. The van der Waals surface area contributed by atoms with E-state index in [9.17, 15) is 9.59 Å². The zero-order valence-electron chi connectivity index (χ0n) is 11.9. The van der Waals surface area contributed by atoms with E-state index in [-0.39, 0.29) is 23.7 Å². The highest BCUT2D eigenvalue weighted by atomic mass is 35.5. The Balaban J connectivity index is 1.73. The van der Waals surface area contributed by atoms with Crippen molar-refractivity contribution in [2.24, 2.45) is 11.8 Å². The summed E-state index contributed by atoms with van der Waals surface area (Å²) in [6, 6.07) is 7.36. The Labute approximate surface area is 129 Å². The molecule has 6 heteroatoms. The number of methoxy groups -OCH3 is 1. The van der Waals surface area contributed by atoms with Gasteiger partial charge in [0.05, 0.1) is 18.4 Å². The Bertz CT molecular complexity index is 521. The third-order valence-electron chi connectivity index (χ3n) is 3.48. The highest BCUT2D eigenvalue weighted by molar-refractivity contribution is 6.31. The van der Waals surface area contributed by atoms with Gasteiger partial charge in [-0.1, -0.05) is 29.8 Å². The predicted octanol–water partition coefficient (Wildman–Crippen LogP) is 1.35. The Morgan fingerprint density at radius 3 is 2.57 bits per heavy atom. The zero-order valence-corrected chi connectivity index (χ0v) is 12.7. The van der Waals surface area contributed by atoms with Crippen molar-refractivity contribution in [3.8, 4) is 0 Å². The number of nitrogens with one attached hydrogen (secondary N) is 2. The van der Waals surface area contributed by atoms with Crippen LogP contribution in [-0.4, -0.2) is 32.1 Å². The van der Waals surface area contributed by atoms with Gasteiger partial charge in [-0.05, 0) is 18.1 Å². The van der Waals surface area contributed by atoms with Crippen molar-refractivity contribution in [2.75, 3.05) is 20.3 Å². The van der Waals surface area contributed by atoms with E-state index in [4.69, 9.17) is 16.3 Å². The summed E-state index contributed by atoms with van der Waals surface area (Å²) in [6.45, 7) is 1.33. The molecule has 2 N–H and O–H groups in total. The van der Waals surface area contributed by atoms with Crippen LogP contribution in [0.1, 0.15) is 12.0 Å². The number of hydrogen-bond donors (Lipinski definition) is 2. The molecule has 1 aromatic rings. The summed E-state index contributed by atoms with van der Waals surface area (Å²) in [7, 11) is 1.58. The SMILES string of the molecule is COCCNC(=O)C1CC1C(=O)NCc1ccccc1Cl. The summed E-state index contributed by atoms with van der Waals surface area (Å²) < 4.78 is 4.86. The first kappa shape index (κ1) is 15.8. The van der Waals surface area contributed by atoms with E-state index in [0.29, 0.717) is 31.1 Å².